The fourth-order valence-corrected chi connectivity index (χ4v) is 1.79. The summed E-state index contributed by atoms with van der Waals surface area (Å²) in [4.78, 5) is 22.5. The van der Waals surface area contributed by atoms with Gasteiger partial charge in [-0.05, 0) is 13.3 Å². The summed E-state index contributed by atoms with van der Waals surface area (Å²) in [6, 6.07) is -1.99. The molecule has 2 atom stereocenters. The molecule has 1 rings (SSSR count). The lowest BCUT2D eigenvalue weighted by Crippen LogP contribution is -2.51. The molecule has 0 aromatic carbocycles. The molecule has 1 aromatic heterocycles. The molecular weight excluding hydrogens is 264 g/mol. The Hall–Kier alpha value is -2.09. The molecule has 0 saturated heterocycles. The number of aliphatic hydroxyl groups excluding tert-OH is 1. The Kier molecular flexibility index (Phi) is 5.51. The van der Waals surface area contributed by atoms with Gasteiger partial charge in [-0.2, -0.15) is 5.10 Å². The fraction of sp³-hybridized carbons (Fsp3) is 0.583. The number of rotatable bonds is 6. The minimum Gasteiger partial charge on any atom is -0.480 e. The van der Waals surface area contributed by atoms with Crippen molar-refractivity contribution >= 4 is 12.0 Å². The van der Waals surface area contributed by atoms with Gasteiger partial charge < -0.3 is 20.8 Å². The van der Waals surface area contributed by atoms with Crippen molar-refractivity contribution in [3.05, 3.63) is 17.5 Å². The summed E-state index contributed by atoms with van der Waals surface area (Å²) in [5, 5.41) is 27.1. The summed E-state index contributed by atoms with van der Waals surface area (Å²) in [5.74, 6) is -1.29. The average Bonchev–Trinajstić information content (AvgIpc) is 2.73. The third kappa shape index (κ3) is 4.23. The summed E-state index contributed by atoms with van der Waals surface area (Å²) in [7, 11) is 1.79. The molecule has 0 saturated carbocycles. The summed E-state index contributed by atoms with van der Waals surface area (Å²) >= 11 is 0. The lowest BCUT2D eigenvalue weighted by Gasteiger charge is -2.17. The van der Waals surface area contributed by atoms with Crippen LogP contribution in [0.1, 0.15) is 25.1 Å². The van der Waals surface area contributed by atoms with Gasteiger partial charge in [0.05, 0.1) is 11.8 Å². The summed E-state index contributed by atoms with van der Waals surface area (Å²) in [5.41, 5.74) is 1.74. The second kappa shape index (κ2) is 6.90. The molecule has 2 unspecified atom stereocenters. The molecule has 0 bridgehead atoms. The zero-order valence-electron chi connectivity index (χ0n) is 11.8. The molecule has 8 nitrogen and oxygen atoms in total. The van der Waals surface area contributed by atoms with Crippen LogP contribution in [0, 0.1) is 0 Å². The lowest BCUT2D eigenvalue weighted by atomic mass is 10.2. The second-order valence-electron chi connectivity index (χ2n) is 4.51. The Morgan fingerprint density at radius 2 is 2.15 bits per heavy atom. The molecule has 0 fully saturated rings. The van der Waals surface area contributed by atoms with Gasteiger partial charge in [-0.1, -0.05) is 6.92 Å². The Labute approximate surface area is 116 Å². The van der Waals surface area contributed by atoms with Crippen molar-refractivity contribution in [2.75, 3.05) is 0 Å². The van der Waals surface area contributed by atoms with E-state index in [1.807, 2.05) is 6.92 Å². The number of nitrogens with zero attached hydrogens (tertiary/aromatic N) is 2. The number of carboxylic acid groups (broad SMARTS) is 1. The van der Waals surface area contributed by atoms with Gasteiger partial charge in [0.2, 0.25) is 0 Å². The molecule has 20 heavy (non-hydrogen) atoms. The van der Waals surface area contributed by atoms with E-state index >= 15 is 0 Å². The number of hydrogen-bond donors (Lipinski definition) is 4. The van der Waals surface area contributed by atoms with Gasteiger partial charge in [0, 0.05) is 25.4 Å². The second-order valence-corrected chi connectivity index (χ2v) is 4.51. The van der Waals surface area contributed by atoms with E-state index in [4.69, 9.17) is 5.11 Å². The zero-order chi connectivity index (χ0) is 15.3. The maximum absolute atomic E-state index is 11.6. The Bertz CT molecular complexity index is 484. The van der Waals surface area contributed by atoms with Crippen LogP contribution in [0.15, 0.2) is 6.20 Å². The van der Waals surface area contributed by atoms with E-state index in [0.29, 0.717) is 0 Å². The van der Waals surface area contributed by atoms with Crippen molar-refractivity contribution in [3.63, 3.8) is 0 Å². The van der Waals surface area contributed by atoms with Crippen LogP contribution < -0.4 is 10.6 Å². The molecule has 8 heteroatoms. The van der Waals surface area contributed by atoms with E-state index in [1.165, 1.54) is 6.92 Å². The van der Waals surface area contributed by atoms with Crippen LogP contribution in [-0.4, -0.2) is 44.1 Å². The van der Waals surface area contributed by atoms with Crippen LogP contribution in [0.5, 0.6) is 0 Å². The highest BCUT2D eigenvalue weighted by Crippen LogP contribution is 2.06. The van der Waals surface area contributed by atoms with Gasteiger partial charge in [-0.15, -0.1) is 0 Å². The van der Waals surface area contributed by atoms with Crippen molar-refractivity contribution in [1.29, 1.82) is 0 Å². The monoisotopic (exact) mass is 284 g/mol. The average molecular weight is 284 g/mol. The highest BCUT2D eigenvalue weighted by Gasteiger charge is 2.24. The quantitative estimate of drug-likeness (QED) is 0.568. The van der Waals surface area contributed by atoms with Gasteiger partial charge in [-0.3, -0.25) is 4.68 Å². The number of carboxylic acids is 1. The number of nitrogens with one attached hydrogen (secondary N) is 2. The number of carbonyl (C=O) groups is 2. The van der Waals surface area contributed by atoms with Gasteiger partial charge in [0.1, 0.15) is 0 Å². The highest BCUT2D eigenvalue weighted by molar-refractivity contribution is 5.82. The third-order valence-corrected chi connectivity index (χ3v) is 2.80. The Balaban J connectivity index is 2.56. The van der Waals surface area contributed by atoms with Gasteiger partial charge in [-0.25, -0.2) is 9.59 Å². The first-order chi connectivity index (χ1) is 9.35. The van der Waals surface area contributed by atoms with Crippen LogP contribution in [0.4, 0.5) is 4.79 Å². The van der Waals surface area contributed by atoms with Crippen LogP contribution >= 0.6 is 0 Å². The fourth-order valence-electron chi connectivity index (χ4n) is 1.79. The minimum atomic E-state index is -1.34. The molecular formula is C12H20N4O4. The van der Waals surface area contributed by atoms with Crippen LogP contribution in [-0.2, 0) is 24.8 Å². The smallest absolute Gasteiger partial charge is 0.328 e. The maximum Gasteiger partial charge on any atom is 0.328 e. The number of aryl methyl sites for hydroxylation is 2. The van der Waals surface area contributed by atoms with E-state index in [0.717, 1.165) is 17.7 Å². The van der Waals surface area contributed by atoms with E-state index < -0.39 is 24.1 Å². The SMILES string of the molecule is CCc1nn(C)cc1CNC(=O)NC(C(=O)O)C(C)O. The molecule has 0 aliphatic heterocycles. The maximum atomic E-state index is 11.6. The van der Waals surface area contributed by atoms with E-state index in [1.54, 1.807) is 17.9 Å². The standard InChI is InChI=1S/C12H20N4O4/c1-4-9-8(6-16(3)15-9)5-13-12(20)14-10(7(2)17)11(18)19/h6-7,10,17H,4-5H2,1-3H3,(H,18,19)(H2,13,14,20). The van der Waals surface area contributed by atoms with E-state index in [2.05, 4.69) is 15.7 Å². The number of amides is 2. The van der Waals surface area contributed by atoms with Gasteiger partial charge in [0.25, 0.3) is 0 Å². The zero-order valence-corrected chi connectivity index (χ0v) is 11.8. The topological polar surface area (TPSA) is 116 Å². The number of urea groups is 1. The predicted molar refractivity (Wildman–Crippen MR) is 71.1 cm³/mol. The first kappa shape index (κ1) is 16.0. The largest absolute Gasteiger partial charge is 0.480 e. The molecule has 0 spiro atoms. The molecule has 0 aliphatic carbocycles. The number of carbonyl (C=O) groups excluding carboxylic acids is 1. The molecule has 0 radical (unpaired) electrons. The Morgan fingerprint density at radius 1 is 1.50 bits per heavy atom. The lowest BCUT2D eigenvalue weighted by molar-refractivity contribution is -0.141. The van der Waals surface area contributed by atoms with Crippen molar-refractivity contribution in [2.45, 2.75) is 39.0 Å². The van der Waals surface area contributed by atoms with Crippen molar-refractivity contribution in [1.82, 2.24) is 20.4 Å². The van der Waals surface area contributed by atoms with Crippen LogP contribution in [0.2, 0.25) is 0 Å². The van der Waals surface area contributed by atoms with E-state index in [-0.39, 0.29) is 6.54 Å². The minimum absolute atomic E-state index is 0.245. The van der Waals surface area contributed by atoms with E-state index in [9.17, 15) is 14.7 Å². The first-order valence-corrected chi connectivity index (χ1v) is 6.31. The molecule has 1 heterocycles. The van der Waals surface area contributed by atoms with Crippen molar-refractivity contribution < 1.29 is 19.8 Å². The number of aliphatic carboxylic acids is 1. The Morgan fingerprint density at radius 3 is 2.65 bits per heavy atom. The molecule has 1 aromatic rings. The van der Waals surface area contributed by atoms with Crippen LogP contribution in [0.25, 0.3) is 0 Å². The first-order valence-electron chi connectivity index (χ1n) is 6.31. The molecule has 4 N–H and O–H groups in total. The predicted octanol–water partition coefficient (Wildman–Crippen LogP) is -0.384. The van der Waals surface area contributed by atoms with Crippen molar-refractivity contribution in [2.24, 2.45) is 7.05 Å². The van der Waals surface area contributed by atoms with Crippen molar-refractivity contribution in [3.8, 4) is 0 Å². The normalized spacial score (nSPS) is 13.6. The summed E-state index contributed by atoms with van der Waals surface area (Å²) < 4.78 is 1.66. The number of aliphatic hydroxyl groups is 1. The van der Waals surface area contributed by atoms with Gasteiger partial charge in [0.15, 0.2) is 6.04 Å². The summed E-state index contributed by atoms with van der Waals surface area (Å²) in [6.07, 6.45) is 1.36. The number of hydrogen-bond acceptors (Lipinski definition) is 4. The molecule has 2 amide bonds. The number of aromatic nitrogens is 2. The molecule has 112 valence electrons. The molecule has 0 aliphatic rings. The summed E-state index contributed by atoms with van der Waals surface area (Å²) in [6.45, 7) is 3.50. The third-order valence-electron chi connectivity index (χ3n) is 2.80. The van der Waals surface area contributed by atoms with Crippen LogP contribution in [0.3, 0.4) is 0 Å². The highest BCUT2D eigenvalue weighted by atomic mass is 16.4. The van der Waals surface area contributed by atoms with Gasteiger partial charge >= 0.3 is 12.0 Å².